The lowest BCUT2D eigenvalue weighted by Crippen LogP contribution is -2.50. The number of halogens is 1. The van der Waals surface area contributed by atoms with E-state index >= 15 is 0 Å². The van der Waals surface area contributed by atoms with E-state index in [0.29, 0.717) is 43.2 Å². The van der Waals surface area contributed by atoms with Gasteiger partial charge in [-0.2, -0.15) is 4.31 Å². The smallest absolute Gasteiger partial charge is 0.338 e. The average molecular weight is 926 g/mol. The summed E-state index contributed by atoms with van der Waals surface area (Å²) >= 11 is 6.51. The molecule has 0 bridgehead atoms. The fourth-order valence-corrected chi connectivity index (χ4v) is 12.6. The predicted octanol–water partition coefficient (Wildman–Crippen LogP) is 10.2. The molecule has 4 aliphatic rings. The van der Waals surface area contributed by atoms with Crippen LogP contribution in [-0.4, -0.2) is 75.2 Å². The lowest BCUT2D eigenvalue weighted by atomic mass is 9.62. The monoisotopic (exact) mass is 924 g/mol. The number of rotatable bonds is 15. The number of benzene rings is 4. The molecule has 1 heterocycles. The van der Waals surface area contributed by atoms with Crippen molar-refractivity contribution in [1.82, 2.24) is 4.31 Å². The number of sulfonamides is 1. The second kappa shape index (κ2) is 18.6. The molecule has 0 radical (unpaired) electrons. The van der Waals surface area contributed by atoms with Crippen LogP contribution in [0.15, 0.2) is 96.6 Å². The second-order valence-corrected chi connectivity index (χ2v) is 22.9. The largest absolute Gasteiger partial charge is 0.497 e. The van der Waals surface area contributed by atoms with Gasteiger partial charge in [0.05, 0.1) is 43.9 Å². The lowest BCUT2D eigenvalue weighted by molar-refractivity contribution is 0.00694. The zero-order chi connectivity index (χ0) is 46.3. The molecular formula is C53H65ClN2O8S. The summed E-state index contributed by atoms with van der Waals surface area (Å²) in [6.45, 7) is 12.0. The molecule has 1 saturated carbocycles. The van der Waals surface area contributed by atoms with E-state index in [-0.39, 0.29) is 48.0 Å². The maximum Gasteiger partial charge on any atom is 0.338 e. The minimum atomic E-state index is -3.75. The average Bonchev–Trinajstić information content (AvgIpc) is 3.37. The van der Waals surface area contributed by atoms with Crippen LogP contribution in [0.1, 0.15) is 99.3 Å². The Morgan fingerprint density at radius 1 is 0.923 bits per heavy atom. The maximum atomic E-state index is 14.4. The van der Waals surface area contributed by atoms with Gasteiger partial charge in [0.1, 0.15) is 22.8 Å². The molecule has 65 heavy (non-hydrogen) atoms. The predicted molar refractivity (Wildman–Crippen MR) is 257 cm³/mol. The zero-order valence-electron chi connectivity index (χ0n) is 38.9. The van der Waals surface area contributed by atoms with Crippen LogP contribution >= 0.6 is 11.6 Å². The zero-order valence-corrected chi connectivity index (χ0v) is 40.5. The summed E-state index contributed by atoms with van der Waals surface area (Å²) < 4.78 is 53.6. The molecule has 5 atom stereocenters. The first-order valence-corrected chi connectivity index (χ1v) is 25.0. The molecular weight excluding hydrogens is 860 g/mol. The summed E-state index contributed by atoms with van der Waals surface area (Å²) in [5.74, 6) is 1.98. The Kier molecular flexibility index (Phi) is 13.5. The summed E-state index contributed by atoms with van der Waals surface area (Å²) in [5.41, 5.74) is 5.09. The van der Waals surface area contributed by atoms with E-state index in [1.165, 1.54) is 11.1 Å². The first kappa shape index (κ1) is 47.0. The number of carbonyl (C=O) groups excluding carboxylic acids is 1. The number of carbonyl (C=O) groups is 1. The van der Waals surface area contributed by atoms with Crippen LogP contribution in [0.25, 0.3) is 0 Å². The highest BCUT2D eigenvalue weighted by Gasteiger charge is 2.47. The number of hydrogen-bond donors (Lipinski definition) is 1. The molecule has 0 aromatic heterocycles. The first-order valence-electron chi connectivity index (χ1n) is 23.0. The van der Waals surface area contributed by atoms with Crippen molar-refractivity contribution >= 4 is 33.3 Å². The molecule has 0 amide bonds. The van der Waals surface area contributed by atoms with Crippen molar-refractivity contribution in [3.8, 4) is 17.2 Å². The van der Waals surface area contributed by atoms with Crippen molar-refractivity contribution in [3.63, 3.8) is 0 Å². The van der Waals surface area contributed by atoms with Gasteiger partial charge in [0.25, 0.3) is 0 Å². The summed E-state index contributed by atoms with van der Waals surface area (Å²) in [6, 6.07) is 26.9. The van der Waals surface area contributed by atoms with Gasteiger partial charge in [0.2, 0.25) is 10.0 Å². The third-order valence-corrected chi connectivity index (χ3v) is 16.6. The third kappa shape index (κ3) is 10.4. The number of aliphatic hydroxyl groups is 1. The quantitative estimate of drug-likeness (QED) is 0.0919. The molecule has 3 aliphatic carbocycles. The second-order valence-electron chi connectivity index (χ2n) is 20.5. The van der Waals surface area contributed by atoms with Crippen LogP contribution in [0.5, 0.6) is 17.2 Å². The number of nitrogens with zero attached hydrogens (tertiary/aromatic N) is 2. The highest BCUT2D eigenvalue weighted by Crippen LogP contribution is 2.50. The van der Waals surface area contributed by atoms with Gasteiger partial charge in [0.15, 0.2) is 0 Å². The van der Waals surface area contributed by atoms with Crippen LogP contribution in [0, 0.1) is 23.2 Å². The topological polar surface area (TPSA) is 115 Å². The molecule has 348 valence electrons. The lowest BCUT2D eigenvalue weighted by Gasteiger charge is -2.48. The number of allylic oxidation sites excluding steroid dienone is 1. The number of aliphatic hydroxyl groups excluding tert-OH is 1. The molecule has 4 aromatic rings. The first-order chi connectivity index (χ1) is 30.8. The summed E-state index contributed by atoms with van der Waals surface area (Å²) in [7, 11) is -0.529. The molecule has 0 saturated heterocycles. The van der Waals surface area contributed by atoms with Crippen LogP contribution < -0.4 is 19.1 Å². The van der Waals surface area contributed by atoms with Crippen molar-refractivity contribution in [2.75, 3.05) is 44.6 Å². The third-order valence-electron chi connectivity index (χ3n) is 14.2. The van der Waals surface area contributed by atoms with E-state index in [9.17, 15) is 18.3 Å². The summed E-state index contributed by atoms with van der Waals surface area (Å²) in [4.78, 5) is 15.8. The highest BCUT2D eigenvalue weighted by atomic mass is 35.5. The minimum absolute atomic E-state index is 0.00934. The van der Waals surface area contributed by atoms with Gasteiger partial charge in [-0.15, -0.1) is 0 Å². The number of fused-ring (bicyclic) bond motifs is 3. The van der Waals surface area contributed by atoms with E-state index in [2.05, 4.69) is 23.1 Å². The number of methoxy groups -OCH3 is 2. The van der Waals surface area contributed by atoms with Crippen molar-refractivity contribution < 1.29 is 37.3 Å². The fourth-order valence-electron chi connectivity index (χ4n) is 10.4. The highest BCUT2D eigenvalue weighted by molar-refractivity contribution is 7.89. The summed E-state index contributed by atoms with van der Waals surface area (Å²) in [5, 5.41) is 12.8. The van der Waals surface area contributed by atoms with Crippen LogP contribution in [-0.2, 0) is 39.7 Å². The van der Waals surface area contributed by atoms with Crippen LogP contribution in [0.3, 0.4) is 0 Å². The standard InChI is InChI=1S/C53H65ClN2O8S/c1-51(2,3)64-50(58)38-15-23-48-47(28-38)55(32-53(33-63-48)24-8-9-37-27-42(54)16-22-46(37)53)31-39-14-21-45(39)49(57)40-25-41(26-40)52(4,5)34-65(59,60)56(29-35-10-17-43(61-6)18-11-35)30-36-12-19-44(62-7)20-13-36/h10-13,15-20,22-23,25,27-28,39,41,45,49,57H,8-9,14,21,24,26,29-34H2,1-7H3/t39-,41?,45+,49+,53-/m0/s1. The minimum Gasteiger partial charge on any atom is -0.497 e. The van der Waals surface area contributed by atoms with Gasteiger partial charge >= 0.3 is 5.97 Å². The number of esters is 1. The van der Waals surface area contributed by atoms with Crippen molar-refractivity contribution in [2.24, 2.45) is 23.2 Å². The van der Waals surface area contributed by atoms with Gasteiger partial charge in [-0.25, -0.2) is 13.2 Å². The summed E-state index contributed by atoms with van der Waals surface area (Å²) in [6.07, 6.45) is 6.97. The van der Waals surface area contributed by atoms with E-state index in [0.717, 1.165) is 65.3 Å². The maximum absolute atomic E-state index is 14.4. The Hall–Kier alpha value is -4.55. The normalized spacial score (nSPS) is 22.3. The Morgan fingerprint density at radius 2 is 1.57 bits per heavy atom. The van der Waals surface area contributed by atoms with Crippen molar-refractivity contribution in [1.29, 1.82) is 0 Å². The number of ether oxygens (including phenoxy) is 4. The SMILES string of the molecule is COc1ccc(CN(Cc2ccc(OC)cc2)S(=O)(=O)CC(C)(C)C2C=C([C@@H](O)[C@@H]3CC[C@H]3CN3C[C@@]4(CCCc5cc(Cl)ccc54)COc4ccc(C(=O)OC(C)(C)C)cc43)C2)cc1. The fraction of sp³-hybridized carbons (Fsp3) is 0.491. The van der Waals surface area contributed by atoms with Crippen molar-refractivity contribution in [3.05, 3.63) is 129 Å². The van der Waals surface area contributed by atoms with E-state index in [1.807, 2.05) is 101 Å². The molecule has 1 N–H and O–H groups in total. The molecule has 1 aliphatic heterocycles. The van der Waals surface area contributed by atoms with Crippen LogP contribution in [0.2, 0.25) is 5.02 Å². The van der Waals surface area contributed by atoms with Crippen LogP contribution in [0.4, 0.5) is 5.69 Å². The Morgan fingerprint density at radius 3 is 2.15 bits per heavy atom. The molecule has 12 heteroatoms. The molecule has 1 fully saturated rings. The molecule has 1 unspecified atom stereocenters. The van der Waals surface area contributed by atoms with Gasteiger partial charge in [-0.05, 0) is 165 Å². The molecule has 10 nitrogen and oxygen atoms in total. The Balaban J connectivity index is 0.993. The van der Waals surface area contributed by atoms with E-state index in [4.69, 9.17) is 30.5 Å². The van der Waals surface area contributed by atoms with Crippen molar-refractivity contribution in [2.45, 2.75) is 103 Å². The molecule has 1 spiro atoms. The van der Waals surface area contributed by atoms with E-state index < -0.39 is 27.1 Å². The number of aryl methyl sites for hydroxylation is 1. The van der Waals surface area contributed by atoms with Gasteiger partial charge in [-0.1, -0.05) is 61.9 Å². The van der Waals surface area contributed by atoms with Gasteiger partial charge < -0.3 is 29.0 Å². The Bertz CT molecular complexity index is 2450. The molecule has 4 aromatic carbocycles. The molecule has 8 rings (SSSR count). The Labute approximate surface area is 390 Å². The number of anilines is 1. The number of hydrogen-bond acceptors (Lipinski definition) is 9. The van der Waals surface area contributed by atoms with Gasteiger partial charge in [0, 0.05) is 36.6 Å². The van der Waals surface area contributed by atoms with Gasteiger partial charge in [-0.3, -0.25) is 0 Å². The van der Waals surface area contributed by atoms with E-state index in [1.54, 1.807) is 24.6 Å².